The maximum Gasteiger partial charge on any atom is 0.416 e. The number of aromatic nitrogens is 1. The number of halogens is 3. The number of carbonyl (C=O) groups is 2. The van der Waals surface area contributed by atoms with E-state index in [1.54, 1.807) is 11.8 Å². The predicted octanol–water partition coefficient (Wildman–Crippen LogP) is 7.25. The van der Waals surface area contributed by atoms with E-state index in [9.17, 15) is 27.9 Å². The third kappa shape index (κ3) is 5.44. The van der Waals surface area contributed by atoms with Gasteiger partial charge in [0.15, 0.2) is 0 Å². The zero-order valence-corrected chi connectivity index (χ0v) is 23.9. The Morgan fingerprint density at radius 1 is 1.07 bits per heavy atom. The first-order valence-corrected chi connectivity index (χ1v) is 14.2. The number of anilines is 1. The van der Waals surface area contributed by atoms with E-state index >= 15 is 0 Å². The molecule has 1 aliphatic carbocycles. The molecule has 1 aromatic heterocycles. The second kappa shape index (κ2) is 11.1. The molecule has 1 amide bonds. The van der Waals surface area contributed by atoms with Gasteiger partial charge in [-0.2, -0.15) is 13.2 Å². The van der Waals surface area contributed by atoms with Crippen molar-refractivity contribution in [2.45, 2.75) is 96.9 Å². The van der Waals surface area contributed by atoms with Gasteiger partial charge in [0.1, 0.15) is 11.4 Å². The van der Waals surface area contributed by atoms with Gasteiger partial charge in [-0.3, -0.25) is 4.79 Å². The van der Waals surface area contributed by atoms with Crippen molar-refractivity contribution in [3.63, 3.8) is 0 Å². The van der Waals surface area contributed by atoms with Crippen LogP contribution < -0.4 is 5.32 Å². The number of carboxylic acid groups (broad SMARTS) is 1. The predicted molar refractivity (Wildman–Crippen MR) is 148 cm³/mol. The molecule has 1 aromatic carbocycles. The van der Waals surface area contributed by atoms with Gasteiger partial charge in [0.05, 0.1) is 17.6 Å². The Morgan fingerprint density at radius 2 is 1.70 bits per heavy atom. The lowest BCUT2D eigenvalue weighted by molar-refractivity contribution is -0.165. The van der Waals surface area contributed by atoms with Gasteiger partial charge in [-0.1, -0.05) is 77.3 Å². The number of aryl methyl sites for hydroxylation is 1. The van der Waals surface area contributed by atoms with Crippen molar-refractivity contribution < 1.29 is 27.9 Å². The third-order valence-corrected chi connectivity index (χ3v) is 8.69. The minimum Gasteiger partial charge on any atom is -0.479 e. The first-order valence-electron chi connectivity index (χ1n) is 14.2. The molecule has 0 spiro atoms. The summed E-state index contributed by atoms with van der Waals surface area (Å²) in [4.78, 5) is 33.8. The lowest BCUT2D eigenvalue weighted by atomic mass is 9.65. The maximum absolute atomic E-state index is 14.4. The van der Waals surface area contributed by atoms with E-state index < -0.39 is 46.7 Å². The Hall–Kier alpha value is -3.10. The van der Waals surface area contributed by atoms with Crippen molar-refractivity contribution in [3.05, 3.63) is 59.3 Å². The summed E-state index contributed by atoms with van der Waals surface area (Å²) < 4.78 is 41.2. The van der Waals surface area contributed by atoms with Crippen LogP contribution in [0, 0.1) is 24.2 Å². The number of carbonyl (C=O) groups excluding carboxylic acids is 1. The normalized spacial score (nSPS) is 26.1. The summed E-state index contributed by atoms with van der Waals surface area (Å²) in [6.07, 6.45) is -0.169. The minimum atomic E-state index is -4.57. The highest BCUT2D eigenvalue weighted by molar-refractivity contribution is 5.90. The van der Waals surface area contributed by atoms with Crippen LogP contribution in [-0.4, -0.2) is 38.4 Å². The van der Waals surface area contributed by atoms with Gasteiger partial charge in [0, 0.05) is 17.5 Å². The summed E-state index contributed by atoms with van der Waals surface area (Å²) in [6.45, 7) is 9.08. The smallest absolute Gasteiger partial charge is 0.416 e. The Morgan fingerprint density at radius 3 is 2.23 bits per heavy atom. The second-order valence-corrected chi connectivity index (χ2v) is 12.4. The third-order valence-electron chi connectivity index (χ3n) is 8.69. The SMILES string of the molecule is CC[C@]1(C(=O)O)[C@H](C(C)(C)C)[C@@H](Nc2cc(C(F)(F)F)cc(C)n2)[C@@H](c2ccccc2)N1C(=O)C1CCCCC1. The number of benzene rings is 1. The number of alkyl halides is 3. The number of nitrogens with zero attached hydrogens (tertiary/aromatic N) is 2. The molecular weight excluding hydrogens is 519 g/mol. The molecule has 40 heavy (non-hydrogen) atoms. The summed E-state index contributed by atoms with van der Waals surface area (Å²) in [5, 5.41) is 14.2. The molecule has 218 valence electrons. The van der Waals surface area contributed by atoms with E-state index in [0.29, 0.717) is 12.8 Å². The van der Waals surface area contributed by atoms with Crippen LogP contribution in [0.15, 0.2) is 42.5 Å². The number of carboxylic acids is 1. The van der Waals surface area contributed by atoms with E-state index in [2.05, 4.69) is 10.3 Å². The fraction of sp³-hybridized carbons (Fsp3) is 0.581. The summed E-state index contributed by atoms with van der Waals surface area (Å²) in [7, 11) is 0. The number of hydrogen-bond donors (Lipinski definition) is 2. The number of pyridine rings is 1. The topological polar surface area (TPSA) is 82.5 Å². The molecule has 6 nitrogen and oxygen atoms in total. The van der Waals surface area contributed by atoms with Gasteiger partial charge >= 0.3 is 12.1 Å². The molecule has 4 atom stereocenters. The zero-order chi connectivity index (χ0) is 29.5. The van der Waals surface area contributed by atoms with Gasteiger partial charge in [-0.15, -0.1) is 0 Å². The highest BCUT2D eigenvalue weighted by Crippen LogP contribution is 2.56. The van der Waals surface area contributed by atoms with Crippen LogP contribution in [0.5, 0.6) is 0 Å². The monoisotopic (exact) mass is 559 g/mol. The quantitative estimate of drug-likeness (QED) is 0.390. The van der Waals surface area contributed by atoms with Crippen LogP contribution in [0.25, 0.3) is 0 Å². The first kappa shape index (κ1) is 29.9. The summed E-state index contributed by atoms with van der Waals surface area (Å²) in [5.74, 6) is -2.23. The molecule has 2 aliphatic rings. The van der Waals surface area contributed by atoms with Gasteiger partial charge in [-0.05, 0) is 49.3 Å². The van der Waals surface area contributed by atoms with E-state index in [1.807, 2.05) is 51.1 Å². The molecule has 0 bridgehead atoms. The molecule has 2 heterocycles. The van der Waals surface area contributed by atoms with Crippen LogP contribution >= 0.6 is 0 Å². The van der Waals surface area contributed by atoms with Crippen molar-refractivity contribution in [2.75, 3.05) is 5.32 Å². The van der Waals surface area contributed by atoms with Gasteiger partial charge < -0.3 is 15.3 Å². The van der Waals surface area contributed by atoms with E-state index in [0.717, 1.165) is 37.0 Å². The molecule has 9 heteroatoms. The van der Waals surface area contributed by atoms with Gasteiger partial charge in [0.25, 0.3) is 0 Å². The van der Waals surface area contributed by atoms with Crippen molar-refractivity contribution >= 4 is 17.7 Å². The average molecular weight is 560 g/mol. The molecule has 2 N–H and O–H groups in total. The number of hydrogen-bond acceptors (Lipinski definition) is 4. The molecule has 1 saturated heterocycles. The fourth-order valence-electron chi connectivity index (χ4n) is 7.20. The molecule has 4 rings (SSSR count). The van der Waals surface area contributed by atoms with Crippen molar-refractivity contribution in [3.8, 4) is 0 Å². The second-order valence-electron chi connectivity index (χ2n) is 12.4. The Labute approximate surface area is 234 Å². The number of aliphatic carboxylic acids is 1. The highest BCUT2D eigenvalue weighted by Gasteiger charge is 2.67. The fourth-order valence-corrected chi connectivity index (χ4v) is 7.20. The Balaban J connectivity index is 1.97. The standard InChI is InChI=1S/C31H40F3N3O3/c1-6-30(28(39)40)26(29(3,4)5)24(36-23-18-22(31(32,33)34)17-19(2)35-23)25(20-13-9-7-10-14-20)37(30)27(38)21-15-11-8-12-16-21/h7,9-10,13-14,17-18,21,24-26H,6,8,11-12,15-16H2,1-5H3,(H,35,36)(H,39,40)/t24-,25+,26-,30+/m0/s1. The van der Waals surface area contributed by atoms with Crippen molar-refractivity contribution in [1.29, 1.82) is 0 Å². The largest absolute Gasteiger partial charge is 0.479 e. The maximum atomic E-state index is 14.4. The van der Waals surface area contributed by atoms with Crippen LogP contribution in [0.1, 0.15) is 89.1 Å². The van der Waals surface area contributed by atoms with E-state index in [1.165, 1.54) is 6.92 Å². The number of rotatable bonds is 6. The summed E-state index contributed by atoms with van der Waals surface area (Å²) in [6, 6.07) is 9.74. The van der Waals surface area contributed by atoms with Crippen molar-refractivity contribution in [2.24, 2.45) is 17.3 Å². The number of amides is 1. The summed E-state index contributed by atoms with van der Waals surface area (Å²) in [5.41, 5.74) is -2.13. The number of likely N-dealkylation sites (tertiary alicyclic amines) is 1. The van der Waals surface area contributed by atoms with Crippen LogP contribution in [-0.2, 0) is 15.8 Å². The molecule has 1 aliphatic heterocycles. The first-order chi connectivity index (χ1) is 18.7. The Bertz CT molecular complexity index is 1220. The Kier molecular flexibility index (Phi) is 8.25. The molecule has 2 fully saturated rings. The van der Waals surface area contributed by atoms with Crippen LogP contribution in [0.3, 0.4) is 0 Å². The number of nitrogens with one attached hydrogen (secondary N) is 1. The molecule has 0 unspecified atom stereocenters. The average Bonchev–Trinajstić information content (AvgIpc) is 3.20. The summed E-state index contributed by atoms with van der Waals surface area (Å²) >= 11 is 0. The molecule has 1 saturated carbocycles. The lowest BCUT2D eigenvalue weighted by Gasteiger charge is -2.45. The molecule has 0 radical (unpaired) electrons. The van der Waals surface area contributed by atoms with Gasteiger partial charge in [-0.25, -0.2) is 9.78 Å². The minimum absolute atomic E-state index is 0.00913. The van der Waals surface area contributed by atoms with Crippen LogP contribution in [0.2, 0.25) is 0 Å². The lowest BCUT2D eigenvalue weighted by Crippen LogP contribution is -2.60. The molecular formula is C31H40F3N3O3. The van der Waals surface area contributed by atoms with Crippen LogP contribution in [0.4, 0.5) is 19.0 Å². The highest BCUT2D eigenvalue weighted by atomic mass is 19.4. The van der Waals surface area contributed by atoms with Crippen molar-refractivity contribution in [1.82, 2.24) is 9.88 Å². The van der Waals surface area contributed by atoms with E-state index in [4.69, 9.17) is 0 Å². The van der Waals surface area contributed by atoms with Gasteiger partial charge in [0.2, 0.25) is 5.91 Å². The zero-order valence-electron chi connectivity index (χ0n) is 23.9. The molecule has 2 aromatic rings. The van der Waals surface area contributed by atoms with E-state index in [-0.39, 0.29) is 29.8 Å².